The van der Waals surface area contributed by atoms with Crippen LogP contribution in [0.1, 0.15) is 21.8 Å². The van der Waals surface area contributed by atoms with E-state index < -0.39 is 0 Å². The van der Waals surface area contributed by atoms with Crippen molar-refractivity contribution in [1.29, 1.82) is 5.26 Å². The van der Waals surface area contributed by atoms with E-state index in [4.69, 9.17) is 10.4 Å². The van der Waals surface area contributed by atoms with Crippen molar-refractivity contribution >= 4 is 11.3 Å². The van der Waals surface area contributed by atoms with E-state index in [-0.39, 0.29) is 6.61 Å². The van der Waals surface area contributed by atoms with Gasteiger partial charge in [-0.15, -0.1) is 0 Å². The fourth-order valence-corrected chi connectivity index (χ4v) is 2.78. The van der Waals surface area contributed by atoms with Gasteiger partial charge in [0.15, 0.2) is 12.2 Å². The third kappa shape index (κ3) is 2.55. The van der Waals surface area contributed by atoms with E-state index in [0.29, 0.717) is 18.7 Å². The van der Waals surface area contributed by atoms with Crippen LogP contribution in [0.2, 0.25) is 0 Å². The molecule has 0 aliphatic rings. The first-order valence-electron chi connectivity index (χ1n) is 5.67. The average Bonchev–Trinajstić information content (AvgIpc) is 2.73. The van der Waals surface area contributed by atoms with Crippen LogP contribution >= 0.6 is 11.3 Å². The standard InChI is InChI=1S/C13H14N3OS/c1-10-13(4-6-17)18-9-16(10)8-11-3-2-5-15-12(11)7-14/h2-3,5,9,17H,4,6,8H2,1H3/q+1. The second-order valence-corrected chi connectivity index (χ2v) is 4.90. The van der Waals surface area contributed by atoms with Crippen molar-refractivity contribution in [3.05, 3.63) is 45.7 Å². The first kappa shape index (κ1) is 12.7. The quantitative estimate of drug-likeness (QED) is 0.840. The highest BCUT2D eigenvalue weighted by Gasteiger charge is 2.16. The van der Waals surface area contributed by atoms with Gasteiger partial charge in [0.1, 0.15) is 11.8 Å². The van der Waals surface area contributed by atoms with E-state index in [1.54, 1.807) is 17.5 Å². The Hall–Kier alpha value is -1.77. The number of hydrogen-bond acceptors (Lipinski definition) is 4. The first-order valence-corrected chi connectivity index (χ1v) is 6.55. The van der Waals surface area contributed by atoms with Crippen LogP contribution < -0.4 is 4.57 Å². The Labute approximate surface area is 110 Å². The molecule has 0 fully saturated rings. The second kappa shape index (κ2) is 5.71. The summed E-state index contributed by atoms with van der Waals surface area (Å²) in [5, 5.41) is 18.0. The zero-order valence-electron chi connectivity index (χ0n) is 10.1. The number of aromatic nitrogens is 2. The van der Waals surface area contributed by atoms with Crippen molar-refractivity contribution in [3.63, 3.8) is 0 Å². The van der Waals surface area contributed by atoms with Gasteiger partial charge < -0.3 is 5.11 Å². The van der Waals surface area contributed by atoms with E-state index in [1.165, 1.54) is 4.88 Å². The average molecular weight is 260 g/mol. The Morgan fingerprint density at radius 2 is 2.39 bits per heavy atom. The summed E-state index contributed by atoms with van der Waals surface area (Å²) in [7, 11) is 0. The smallest absolute Gasteiger partial charge is 0.225 e. The van der Waals surface area contributed by atoms with Crippen molar-refractivity contribution in [2.24, 2.45) is 0 Å². The summed E-state index contributed by atoms with van der Waals surface area (Å²) < 4.78 is 2.09. The number of hydrogen-bond donors (Lipinski definition) is 1. The Balaban J connectivity index is 2.27. The summed E-state index contributed by atoms with van der Waals surface area (Å²) in [5.41, 5.74) is 4.55. The largest absolute Gasteiger partial charge is 0.396 e. The van der Waals surface area contributed by atoms with Crippen LogP contribution in [0.4, 0.5) is 0 Å². The lowest BCUT2D eigenvalue weighted by Gasteiger charge is -1.99. The maximum absolute atomic E-state index is 9.00. The molecule has 0 amide bonds. The van der Waals surface area contributed by atoms with Gasteiger partial charge in [0.25, 0.3) is 0 Å². The van der Waals surface area contributed by atoms with Gasteiger partial charge >= 0.3 is 0 Å². The van der Waals surface area contributed by atoms with Gasteiger partial charge in [-0.25, -0.2) is 4.98 Å². The normalized spacial score (nSPS) is 10.3. The van der Waals surface area contributed by atoms with Crippen LogP contribution in [0, 0.1) is 18.3 Å². The van der Waals surface area contributed by atoms with E-state index in [1.807, 2.05) is 24.6 Å². The summed E-state index contributed by atoms with van der Waals surface area (Å²) in [6.45, 7) is 2.84. The highest BCUT2D eigenvalue weighted by atomic mass is 32.1. The predicted molar refractivity (Wildman–Crippen MR) is 68.1 cm³/mol. The summed E-state index contributed by atoms with van der Waals surface area (Å²) >= 11 is 1.63. The molecule has 0 aliphatic heterocycles. The zero-order valence-corrected chi connectivity index (χ0v) is 10.9. The lowest BCUT2D eigenvalue weighted by Crippen LogP contribution is -2.35. The molecular weight excluding hydrogens is 246 g/mol. The summed E-state index contributed by atoms with van der Waals surface area (Å²) in [5.74, 6) is 0. The van der Waals surface area contributed by atoms with E-state index in [2.05, 4.69) is 15.6 Å². The number of aliphatic hydroxyl groups excluding tert-OH is 1. The first-order chi connectivity index (χ1) is 8.76. The highest BCUT2D eigenvalue weighted by Crippen LogP contribution is 2.12. The van der Waals surface area contributed by atoms with Crippen molar-refractivity contribution in [2.75, 3.05) is 6.61 Å². The van der Waals surface area contributed by atoms with Crippen molar-refractivity contribution in [3.8, 4) is 6.07 Å². The van der Waals surface area contributed by atoms with E-state index >= 15 is 0 Å². The molecule has 0 atom stereocenters. The molecule has 0 saturated heterocycles. The molecule has 18 heavy (non-hydrogen) atoms. The number of rotatable bonds is 4. The Kier molecular flexibility index (Phi) is 4.03. The molecule has 5 heteroatoms. The zero-order chi connectivity index (χ0) is 13.0. The molecule has 92 valence electrons. The van der Waals surface area contributed by atoms with Gasteiger partial charge in [-0.05, 0) is 12.1 Å². The summed E-state index contributed by atoms with van der Waals surface area (Å²) in [6.07, 6.45) is 2.31. The van der Waals surface area contributed by atoms with Crippen LogP contribution in [-0.2, 0) is 13.0 Å². The maximum Gasteiger partial charge on any atom is 0.225 e. The fourth-order valence-electron chi connectivity index (χ4n) is 1.80. The monoisotopic (exact) mass is 260 g/mol. The van der Waals surface area contributed by atoms with Gasteiger partial charge in [0, 0.05) is 26.1 Å². The summed E-state index contributed by atoms with van der Waals surface area (Å²) in [4.78, 5) is 5.24. The highest BCUT2D eigenvalue weighted by molar-refractivity contribution is 7.09. The lowest BCUT2D eigenvalue weighted by atomic mass is 10.2. The van der Waals surface area contributed by atoms with Crippen LogP contribution in [0.25, 0.3) is 0 Å². The van der Waals surface area contributed by atoms with Gasteiger partial charge in [-0.1, -0.05) is 11.3 Å². The number of aliphatic hydroxyl groups is 1. The molecule has 0 radical (unpaired) electrons. The number of pyridine rings is 1. The van der Waals surface area contributed by atoms with Crippen molar-refractivity contribution in [2.45, 2.75) is 19.9 Å². The molecule has 0 saturated carbocycles. The minimum atomic E-state index is 0.164. The van der Waals surface area contributed by atoms with Crippen LogP contribution in [-0.4, -0.2) is 16.7 Å². The van der Waals surface area contributed by atoms with Crippen molar-refractivity contribution < 1.29 is 9.67 Å². The second-order valence-electron chi connectivity index (χ2n) is 3.96. The molecule has 2 aromatic heterocycles. The van der Waals surface area contributed by atoms with E-state index in [0.717, 1.165) is 11.3 Å². The Bertz CT molecular complexity index is 586. The Morgan fingerprint density at radius 1 is 1.56 bits per heavy atom. The third-order valence-corrected chi connectivity index (χ3v) is 3.98. The van der Waals surface area contributed by atoms with E-state index in [9.17, 15) is 0 Å². The maximum atomic E-state index is 9.00. The topological polar surface area (TPSA) is 60.8 Å². The lowest BCUT2D eigenvalue weighted by molar-refractivity contribution is -0.689. The molecule has 2 aromatic rings. The van der Waals surface area contributed by atoms with Gasteiger partial charge in [0.2, 0.25) is 5.51 Å². The van der Waals surface area contributed by atoms with Gasteiger partial charge in [-0.2, -0.15) is 9.83 Å². The molecule has 0 aromatic carbocycles. The fraction of sp³-hybridized carbons (Fsp3) is 0.308. The SMILES string of the molecule is Cc1c(CCO)sc[n+]1Cc1cccnc1C#N. The molecule has 1 N–H and O–H groups in total. The number of thiazole rings is 1. The van der Waals surface area contributed by atoms with Crippen LogP contribution in [0.15, 0.2) is 23.8 Å². The molecule has 0 aliphatic carbocycles. The summed E-state index contributed by atoms with van der Waals surface area (Å²) in [6, 6.07) is 5.86. The minimum absolute atomic E-state index is 0.164. The van der Waals surface area contributed by atoms with Crippen LogP contribution in [0.3, 0.4) is 0 Å². The third-order valence-electron chi connectivity index (χ3n) is 2.83. The van der Waals surface area contributed by atoms with Crippen molar-refractivity contribution in [1.82, 2.24) is 4.98 Å². The van der Waals surface area contributed by atoms with Crippen LogP contribution in [0.5, 0.6) is 0 Å². The Morgan fingerprint density at radius 3 is 3.11 bits per heavy atom. The number of nitriles is 1. The number of nitrogens with zero attached hydrogens (tertiary/aromatic N) is 3. The predicted octanol–water partition coefficient (Wildman–Crippen LogP) is 1.19. The molecule has 0 spiro atoms. The van der Waals surface area contributed by atoms with Gasteiger partial charge in [-0.3, -0.25) is 0 Å². The molecule has 0 bridgehead atoms. The molecule has 2 heterocycles. The van der Waals surface area contributed by atoms with Gasteiger partial charge in [0.05, 0.1) is 10.4 Å². The molecule has 0 unspecified atom stereocenters. The minimum Gasteiger partial charge on any atom is -0.396 e. The molecule has 4 nitrogen and oxygen atoms in total. The molecule has 2 rings (SSSR count). The molecular formula is C13H14N3OS+.